The van der Waals surface area contributed by atoms with Gasteiger partial charge in [0.2, 0.25) is 7.41 Å². The summed E-state index contributed by atoms with van der Waals surface area (Å²) >= 11 is 1.86. The molecule has 0 saturated heterocycles. The molecule has 0 heterocycles. The Bertz CT molecular complexity index is 322. The van der Waals surface area contributed by atoms with E-state index in [-0.39, 0.29) is 10.3 Å². The van der Waals surface area contributed by atoms with Crippen LogP contribution in [0, 0.1) is 0 Å². The Kier molecular flexibility index (Phi) is 8.06. The van der Waals surface area contributed by atoms with E-state index in [0.717, 1.165) is 10.2 Å². The van der Waals surface area contributed by atoms with E-state index in [9.17, 15) is 0 Å². The summed E-state index contributed by atoms with van der Waals surface area (Å²) in [5.74, 6) is 0. The zero-order chi connectivity index (χ0) is 17.1. The number of hydrogen-bond acceptors (Lipinski definition) is 4. The van der Waals surface area contributed by atoms with Crippen LogP contribution >= 0.6 is 11.9 Å². The average molecular weight is 330 g/mol. The molecular weight excluding hydrogens is 293 g/mol. The Morgan fingerprint density at radius 1 is 1.14 bits per heavy atom. The van der Waals surface area contributed by atoms with Crippen LogP contribution in [0.2, 0.25) is 0 Å². The molecule has 0 aliphatic heterocycles. The van der Waals surface area contributed by atoms with E-state index in [1.54, 1.807) is 0 Å². The van der Waals surface area contributed by atoms with Crippen molar-refractivity contribution in [2.45, 2.75) is 83.3 Å². The lowest BCUT2D eigenvalue weighted by Gasteiger charge is -2.43. The Morgan fingerprint density at radius 2 is 1.62 bits per heavy atom. The maximum absolute atomic E-state index is 3.80. The van der Waals surface area contributed by atoms with Crippen molar-refractivity contribution in [2.75, 3.05) is 14.1 Å². The molecule has 1 N–H and O–H groups in total. The van der Waals surface area contributed by atoms with Gasteiger partial charge in [-0.15, -0.1) is 0 Å². The summed E-state index contributed by atoms with van der Waals surface area (Å²) in [7, 11) is 7.82. The van der Waals surface area contributed by atoms with Gasteiger partial charge >= 0.3 is 0 Å². The summed E-state index contributed by atoms with van der Waals surface area (Å²) in [6, 6.07) is 0.533. The number of nitrogens with zero attached hydrogens (tertiary/aromatic N) is 2. The van der Waals surface area contributed by atoms with E-state index < -0.39 is 0 Å². The van der Waals surface area contributed by atoms with E-state index >= 15 is 0 Å². The summed E-state index contributed by atoms with van der Waals surface area (Å²) in [5.41, 5.74) is 0.0427. The zero-order valence-corrected chi connectivity index (χ0v) is 19.0. The summed E-state index contributed by atoms with van der Waals surface area (Å²) in [6.45, 7) is 18.1. The van der Waals surface area contributed by atoms with Crippen molar-refractivity contribution < 1.29 is 0 Å². The van der Waals surface area contributed by atoms with E-state index in [4.69, 9.17) is 0 Å². The first-order valence-electron chi connectivity index (χ1n) is 8.03. The summed E-state index contributed by atoms with van der Waals surface area (Å²) in [6.07, 6.45) is 1.18. The van der Waals surface area contributed by atoms with Crippen LogP contribution < -0.4 is 5.32 Å². The molecule has 1 unspecified atom stereocenters. The molecule has 0 aliphatic carbocycles. The van der Waals surface area contributed by atoms with Gasteiger partial charge < -0.3 is 10.2 Å². The van der Waals surface area contributed by atoms with E-state index in [1.165, 1.54) is 6.42 Å². The molecule has 0 fully saturated rings. The predicted molar refractivity (Wildman–Crippen MR) is 104 cm³/mol. The van der Waals surface area contributed by atoms with Crippen LogP contribution in [-0.2, 0) is 0 Å². The first kappa shape index (κ1) is 21.5. The van der Waals surface area contributed by atoms with Gasteiger partial charge in [0, 0.05) is 21.7 Å². The predicted octanol–water partition coefficient (Wildman–Crippen LogP) is 2.08. The minimum atomic E-state index is 0.0320. The maximum atomic E-state index is 3.80. The lowest BCUT2D eigenvalue weighted by atomic mass is 9.69. The molecule has 0 aromatic heterocycles. The molecule has 0 aliphatic rings. The van der Waals surface area contributed by atoms with Gasteiger partial charge in [0.1, 0.15) is 0 Å². The Labute approximate surface area is 141 Å². The van der Waals surface area contributed by atoms with Crippen LogP contribution in [-0.4, -0.2) is 62.4 Å². The highest BCUT2D eigenvalue weighted by atomic mass is 32.2. The van der Waals surface area contributed by atoms with Crippen molar-refractivity contribution in [2.24, 2.45) is 0 Å². The van der Waals surface area contributed by atoms with Crippen LogP contribution in [0.1, 0.15) is 61.8 Å². The molecule has 1 radical (unpaired) electrons. The standard InChI is InChI=1S/C15H37BN3SSi/c1-11-15(8,21)17-14(6,7)20-19(10)16-13(4,5)18(9)12(2)3/h12,17H,11H2,1-10,21H3. The average Bonchev–Trinajstić information content (AvgIpc) is 2.24. The largest absolute Gasteiger partial charge is 0.305 e. The first-order valence-corrected chi connectivity index (χ1v) is 9.80. The third-order valence-electron chi connectivity index (χ3n) is 4.08. The fourth-order valence-electron chi connectivity index (χ4n) is 2.51. The number of hydrogen-bond donors (Lipinski definition) is 1. The van der Waals surface area contributed by atoms with Crippen LogP contribution in [0.4, 0.5) is 0 Å². The van der Waals surface area contributed by atoms with Crippen molar-refractivity contribution in [1.29, 1.82) is 0 Å². The quantitative estimate of drug-likeness (QED) is 0.396. The van der Waals surface area contributed by atoms with Gasteiger partial charge in [-0.1, -0.05) is 39.6 Å². The molecule has 125 valence electrons. The van der Waals surface area contributed by atoms with Crippen molar-refractivity contribution >= 4 is 29.6 Å². The van der Waals surface area contributed by atoms with Gasteiger partial charge in [-0.2, -0.15) is 0 Å². The van der Waals surface area contributed by atoms with Crippen molar-refractivity contribution in [1.82, 2.24) is 14.4 Å². The normalized spacial score (nSPS) is 16.8. The van der Waals surface area contributed by atoms with Gasteiger partial charge in [-0.05, 0) is 53.4 Å². The van der Waals surface area contributed by atoms with E-state index in [0.29, 0.717) is 11.2 Å². The lowest BCUT2D eigenvalue weighted by molar-refractivity contribution is 0.182. The first-order chi connectivity index (χ1) is 9.22. The monoisotopic (exact) mass is 330 g/mol. The molecule has 0 spiro atoms. The van der Waals surface area contributed by atoms with E-state index in [1.807, 2.05) is 11.9 Å². The molecule has 0 aromatic rings. The van der Waals surface area contributed by atoms with Crippen LogP contribution in [0.15, 0.2) is 0 Å². The SMILES string of the molecule is CCC(C)([SiH3])NC(C)(C)SN(C)[B]C(C)(C)N(C)C(C)C. The molecule has 3 nitrogen and oxygen atoms in total. The second kappa shape index (κ2) is 7.86. The van der Waals surface area contributed by atoms with Gasteiger partial charge in [-0.25, -0.2) is 0 Å². The minimum Gasteiger partial charge on any atom is -0.305 e. The smallest absolute Gasteiger partial charge is 0.245 e. The molecule has 1 atom stereocenters. The van der Waals surface area contributed by atoms with Gasteiger partial charge in [0.25, 0.3) is 0 Å². The van der Waals surface area contributed by atoms with Crippen LogP contribution in [0.25, 0.3) is 0 Å². The summed E-state index contributed by atoms with van der Waals surface area (Å²) in [4.78, 5) is 2.43. The maximum Gasteiger partial charge on any atom is 0.245 e. The topological polar surface area (TPSA) is 18.5 Å². The van der Waals surface area contributed by atoms with E-state index in [2.05, 4.69) is 91.3 Å². The third kappa shape index (κ3) is 8.07. The van der Waals surface area contributed by atoms with Gasteiger partial charge in [0.05, 0.1) is 4.87 Å². The number of nitrogens with one attached hydrogen (secondary N) is 1. The number of rotatable bonds is 9. The van der Waals surface area contributed by atoms with Crippen molar-refractivity contribution in [3.05, 3.63) is 0 Å². The minimum absolute atomic E-state index is 0.0320. The Hall–Kier alpha value is 0.512. The summed E-state index contributed by atoms with van der Waals surface area (Å²) < 4.78 is 2.26. The summed E-state index contributed by atoms with van der Waals surface area (Å²) in [5, 5.41) is 4.09. The molecule has 0 bridgehead atoms. The Morgan fingerprint density at radius 3 is 2.00 bits per heavy atom. The van der Waals surface area contributed by atoms with Crippen LogP contribution in [0.3, 0.4) is 0 Å². The van der Waals surface area contributed by atoms with Gasteiger partial charge in [0.15, 0.2) is 0 Å². The molecule has 21 heavy (non-hydrogen) atoms. The highest BCUT2D eigenvalue weighted by Crippen LogP contribution is 2.28. The molecule has 0 aromatic carbocycles. The zero-order valence-electron chi connectivity index (χ0n) is 16.2. The molecule has 6 heteroatoms. The highest BCUT2D eigenvalue weighted by Gasteiger charge is 2.33. The molecule has 0 saturated carbocycles. The molecule has 0 rings (SSSR count). The molecular formula is C15H37BN3SSi. The highest BCUT2D eigenvalue weighted by molar-refractivity contribution is 7.99. The third-order valence-corrected chi connectivity index (χ3v) is 5.99. The lowest BCUT2D eigenvalue weighted by Crippen LogP contribution is -2.56. The molecule has 0 amide bonds. The second-order valence-corrected chi connectivity index (χ2v) is 12.0. The fraction of sp³-hybridized carbons (Fsp3) is 1.00. The van der Waals surface area contributed by atoms with Gasteiger partial charge in [-0.3, -0.25) is 4.22 Å². The van der Waals surface area contributed by atoms with Crippen LogP contribution in [0.5, 0.6) is 0 Å². The van der Waals surface area contributed by atoms with Crippen molar-refractivity contribution in [3.63, 3.8) is 0 Å². The van der Waals surface area contributed by atoms with Crippen molar-refractivity contribution in [3.8, 4) is 0 Å². The Balaban J connectivity index is 4.65. The fourth-order valence-corrected chi connectivity index (χ4v) is 4.67. The second-order valence-electron chi connectivity index (χ2n) is 8.00.